The van der Waals surface area contributed by atoms with Crippen LogP contribution in [0.1, 0.15) is 54.4 Å². The van der Waals surface area contributed by atoms with Crippen LogP contribution < -0.4 is 32.3 Å². The summed E-state index contributed by atoms with van der Waals surface area (Å²) in [6.07, 6.45) is -2.13. The Bertz CT molecular complexity index is 891. The van der Waals surface area contributed by atoms with Crippen molar-refractivity contribution in [2.24, 2.45) is 17.6 Å². The molecule has 5 atom stereocenters. The van der Waals surface area contributed by atoms with Crippen LogP contribution in [0, 0.1) is 11.8 Å². The van der Waals surface area contributed by atoms with E-state index in [2.05, 4.69) is 26.6 Å². The molecule has 0 rings (SSSR count). The van der Waals surface area contributed by atoms with Gasteiger partial charge >= 0.3 is 5.97 Å². The lowest BCUT2D eigenvalue weighted by Crippen LogP contribution is -2.60. The van der Waals surface area contributed by atoms with Gasteiger partial charge in [0.15, 0.2) is 0 Å². The van der Waals surface area contributed by atoms with Gasteiger partial charge in [0, 0.05) is 13.3 Å². The standard InChI is InChI=1S/C23H40N6O9/c1-10(2)17(20(24)35)27-15(32)9-25-22(37)18(11(3)4)28-23(38)19(12(5)30)29-21(36)14(26-13(6)31)7-8-16(33)34/h10-12,14,17-19,30H,7-9H2,1-6H3,(H2,24,35)(H,25,37)(H,26,31)(H,27,32)(H,28,38)(H,29,36)(H,33,34)/t12-,14+,17+,18+,19+/m1/s1. The monoisotopic (exact) mass is 544 g/mol. The third-order valence-electron chi connectivity index (χ3n) is 5.36. The second kappa shape index (κ2) is 16.2. The summed E-state index contributed by atoms with van der Waals surface area (Å²) in [5, 5.41) is 30.7. The smallest absolute Gasteiger partial charge is 0.303 e. The number of hydrogen-bond acceptors (Lipinski definition) is 8. The molecule has 0 unspecified atom stereocenters. The number of nitrogens with one attached hydrogen (secondary N) is 5. The fourth-order valence-corrected chi connectivity index (χ4v) is 3.29. The molecular formula is C23H40N6O9. The first-order valence-corrected chi connectivity index (χ1v) is 12.1. The Labute approximate surface area is 221 Å². The molecule has 15 heteroatoms. The highest BCUT2D eigenvalue weighted by Crippen LogP contribution is 2.06. The van der Waals surface area contributed by atoms with Crippen LogP contribution in [0.2, 0.25) is 0 Å². The van der Waals surface area contributed by atoms with Crippen LogP contribution in [-0.2, 0) is 33.6 Å². The van der Waals surface area contributed by atoms with Gasteiger partial charge in [0.05, 0.1) is 12.6 Å². The van der Waals surface area contributed by atoms with Crippen LogP contribution in [0.15, 0.2) is 0 Å². The number of aliphatic hydroxyl groups is 1. The number of primary amides is 1. The van der Waals surface area contributed by atoms with E-state index in [1.165, 1.54) is 6.92 Å². The largest absolute Gasteiger partial charge is 0.481 e. The van der Waals surface area contributed by atoms with Crippen LogP contribution in [0.4, 0.5) is 0 Å². The number of carbonyl (C=O) groups excluding carboxylic acids is 6. The number of carbonyl (C=O) groups is 7. The second-order valence-electron chi connectivity index (χ2n) is 9.55. The zero-order chi connectivity index (χ0) is 29.7. The van der Waals surface area contributed by atoms with Crippen molar-refractivity contribution in [2.75, 3.05) is 6.54 Å². The van der Waals surface area contributed by atoms with E-state index in [1.807, 2.05) is 0 Å². The molecule has 15 nitrogen and oxygen atoms in total. The minimum absolute atomic E-state index is 0.262. The molecule has 0 fully saturated rings. The van der Waals surface area contributed by atoms with Gasteiger partial charge in [-0.2, -0.15) is 0 Å². The summed E-state index contributed by atoms with van der Waals surface area (Å²) in [5.41, 5.74) is 5.26. The molecule has 0 radical (unpaired) electrons. The van der Waals surface area contributed by atoms with Crippen LogP contribution in [0.25, 0.3) is 0 Å². The first kappa shape index (κ1) is 34.2. The quantitative estimate of drug-likeness (QED) is 0.0991. The Morgan fingerprint density at radius 2 is 1.26 bits per heavy atom. The number of carboxylic acid groups (broad SMARTS) is 1. The number of amides is 6. The van der Waals surface area contributed by atoms with Crippen LogP contribution >= 0.6 is 0 Å². The fraction of sp³-hybridized carbons (Fsp3) is 0.696. The maximum atomic E-state index is 12.9. The predicted molar refractivity (Wildman–Crippen MR) is 134 cm³/mol. The minimum Gasteiger partial charge on any atom is -0.481 e. The fourth-order valence-electron chi connectivity index (χ4n) is 3.29. The van der Waals surface area contributed by atoms with E-state index in [9.17, 15) is 38.7 Å². The van der Waals surface area contributed by atoms with E-state index in [1.54, 1.807) is 27.7 Å². The maximum absolute atomic E-state index is 12.9. The highest BCUT2D eigenvalue weighted by molar-refractivity contribution is 5.95. The van der Waals surface area contributed by atoms with E-state index in [0.717, 1.165) is 6.92 Å². The van der Waals surface area contributed by atoms with Crippen molar-refractivity contribution in [3.05, 3.63) is 0 Å². The zero-order valence-electron chi connectivity index (χ0n) is 22.5. The van der Waals surface area contributed by atoms with Gasteiger partial charge in [-0.1, -0.05) is 27.7 Å². The number of hydrogen-bond donors (Lipinski definition) is 8. The molecular weight excluding hydrogens is 504 g/mol. The number of carboxylic acids is 1. The summed E-state index contributed by atoms with van der Waals surface area (Å²) in [6.45, 7) is 8.42. The van der Waals surface area contributed by atoms with E-state index in [4.69, 9.17) is 10.8 Å². The van der Waals surface area contributed by atoms with Gasteiger partial charge < -0.3 is 42.5 Å². The molecule has 38 heavy (non-hydrogen) atoms. The van der Waals surface area contributed by atoms with Gasteiger partial charge in [-0.15, -0.1) is 0 Å². The lowest BCUT2D eigenvalue weighted by molar-refractivity contribution is -0.139. The normalized spacial score (nSPS) is 14.9. The highest BCUT2D eigenvalue weighted by atomic mass is 16.4. The summed E-state index contributed by atoms with van der Waals surface area (Å²) in [7, 11) is 0. The van der Waals surface area contributed by atoms with Crippen molar-refractivity contribution < 1.29 is 43.8 Å². The Morgan fingerprint density at radius 1 is 0.737 bits per heavy atom. The molecule has 0 aromatic heterocycles. The molecule has 0 saturated heterocycles. The van der Waals surface area contributed by atoms with E-state index in [0.29, 0.717) is 0 Å². The van der Waals surface area contributed by atoms with Crippen LogP contribution in [-0.4, -0.2) is 88.4 Å². The minimum atomic E-state index is -1.55. The van der Waals surface area contributed by atoms with Crippen molar-refractivity contribution in [1.29, 1.82) is 0 Å². The first-order valence-electron chi connectivity index (χ1n) is 12.1. The molecule has 0 aliphatic carbocycles. The molecule has 0 spiro atoms. The highest BCUT2D eigenvalue weighted by Gasteiger charge is 2.33. The zero-order valence-corrected chi connectivity index (χ0v) is 22.5. The molecule has 0 saturated carbocycles. The molecule has 0 bridgehead atoms. The van der Waals surface area contributed by atoms with Gasteiger partial charge in [0.2, 0.25) is 35.4 Å². The van der Waals surface area contributed by atoms with Gasteiger partial charge in [-0.05, 0) is 25.2 Å². The number of nitrogens with two attached hydrogens (primary N) is 1. The molecule has 0 aliphatic rings. The lowest BCUT2D eigenvalue weighted by Gasteiger charge is -2.28. The average Bonchev–Trinajstić information content (AvgIpc) is 2.78. The Kier molecular flexibility index (Phi) is 14.6. The van der Waals surface area contributed by atoms with Crippen molar-refractivity contribution >= 4 is 41.4 Å². The third-order valence-corrected chi connectivity index (χ3v) is 5.36. The summed E-state index contributed by atoms with van der Waals surface area (Å²) in [4.78, 5) is 84.2. The Hall–Kier alpha value is -3.75. The van der Waals surface area contributed by atoms with Crippen molar-refractivity contribution in [3.8, 4) is 0 Å². The Balaban J connectivity index is 5.39. The van der Waals surface area contributed by atoms with Gasteiger partial charge in [-0.3, -0.25) is 33.6 Å². The van der Waals surface area contributed by atoms with Crippen molar-refractivity contribution in [3.63, 3.8) is 0 Å². The predicted octanol–water partition coefficient (Wildman–Crippen LogP) is -2.90. The van der Waals surface area contributed by atoms with E-state index < -0.39 is 90.6 Å². The molecule has 0 aliphatic heterocycles. The molecule has 0 aromatic rings. The van der Waals surface area contributed by atoms with Gasteiger partial charge in [0.1, 0.15) is 24.2 Å². The summed E-state index contributed by atoms with van der Waals surface area (Å²) in [6, 6.07) is -4.95. The topological polar surface area (TPSA) is 246 Å². The SMILES string of the molecule is CC(=O)N[C@@H](CCC(=O)O)C(=O)N[C@H](C(=O)N[C@H](C(=O)NCC(=O)N[C@H](C(N)=O)C(C)C)C(C)C)[C@@H](C)O. The third kappa shape index (κ3) is 12.5. The second-order valence-corrected chi connectivity index (χ2v) is 9.55. The van der Waals surface area contributed by atoms with Crippen LogP contribution in [0.3, 0.4) is 0 Å². The van der Waals surface area contributed by atoms with Crippen molar-refractivity contribution in [2.45, 2.75) is 84.7 Å². The molecule has 6 amide bonds. The maximum Gasteiger partial charge on any atom is 0.303 e. The molecule has 216 valence electrons. The number of aliphatic carboxylic acids is 1. The summed E-state index contributed by atoms with van der Waals surface area (Å²) >= 11 is 0. The van der Waals surface area contributed by atoms with Crippen molar-refractivity contribution in [1.82, 2.24) is 26.6 Å². The van der Waals surface area contributed by atoms with Gasteiger partial charge in [-0.25, -0.2) is 0 Å². The van der Waals surface area contributed by atoms with Gasteiger partial charge in [0.25, 0.3) is 0 Å². The number of rotatable bonds is 16. The van der Waals surface area contributed by atoms with E-state index in [-0.39, 0.29) is 12.3 Å². The lowest BCUT2D eigenvalue weighted by atomic mass is 10.0. The molecule has 0 heterocycles. The van der Waals surface area contributed by atoms with E-state index >= 15 is 0 Å². The average molecular weight is 545 g/mol. The Morgan fingerprint density at radius 3 is 1.68 bits per heavy atom. The molecule has 9 N–H and O–H groups in total. The van der Waals surface area contributed by atoms with Crippen LogP contribution in [0.5, 0.6) is 0 Å². The number of aliphatic hydroxyl groups excluding tert-OH is 1. The summed E-state index contributed by atoms with van der Waals surface area (Å²) in [5.74, 6) is -6.56. The summed E-state index contributed by atoms with van der Waals surface area (Å²) < 4.78 is 0. The first-order chi connectivity index (χ1) is 17.5. The molecule has 0 aromatic carbocycles.